The van der Waals surface area contributed by atoms with E-state index < -0.39 is 10.8 Å². The summed E-state index contributed by atoms with van der Waals surface area (Å²) in [5, 5.41) is 2.98. The molecule has 60 valence electrons. The fraction of sp³-hybridized carbons (Fsp3) is 0.250. The minimum atomic E-state index is -0.903. The van der Waals surface area contributed by atoms with E-state index in [9.17, 15) is 4.21 Å². The van der Waals surface area contributed by atoms with E-state index in [2.05, 4.69) is 5.32 Å². The van der Waals surface area contributed by atoms with Crippen LogP contribution < -0.4 is 5.32 Å². The van der Waals surface area contributed by atoms with E-state index in [1.165, 1.54) is 0 Å². The molecule has 0 saturated heterocycles. The summed E-state index contributed by atoms with van der Waals surface area (Å²) in [6.07, 6.45) is 1.68. The van der Waals surface area contributed by atoms with Crippen molar-refractivity contribution in [3.05, 3.63) is 24.3 Å². The normalized spacial score (nSPS) is 12.5. The Kier molecular flexibility index (Phi) is 2.65. The van der Waals surface area contributed by atoms with Gasteiger partial charge in [-0.05, 0) is 12.1 Å². The highest BCUT2D eigenvalue weighted by Crippen LogP contribution is 2.16. The van der Waals surface area contributed by atoms with Gasteiger partial charge in [0.25, 0.3) is 0 Å². The summed E-state index contributed by atoms with van der Waals surface area (Å²) in [5.74, 6) is 0. The van der Waals surface area contributed by atoms with Crippen molar-refractivity contribution in [1.82, 2.24) is 0 Å². The summed E-state index contributed by atoms with van der Waals surface area (Å²) in [5.41, 5.74) is 0.938. The van der Waals surface area contributed by atoms with E-state index in [-0.39, 0.29) is 0 Å². The summed E-state index contributed by atoms with van der Waals surface area (Å²) in [4.78, 5) is 0.856. The molecule has 0 spiro atoms. The summed E-state index contributed by atoms with van der Waals surface area (Å²) < 4.78 is 11.1. The maximum absolute atomic E-state index is 11.1. The Labute approximate surface area is 69.1 Å². The monoisotopic (exact) mass is 169 g/mol. The molecule has 1 aromatic carbocycles. The summed E-state index contributed by atoms with van der Waals surface area (Å²) in [6.45, 7) is 0. The fourth-order valence-corrected chi connectivity index (χ4v) is 1.67. The highest BCUT2D eigenvalue weighted by molar-refractivity contribution is 7.84. The number of hydrogen-bond acceptors (Lipinski definition) is 2. The Morgan fingerprint density at radius 3 is 2.45 bits per heavy atom. The molecule has 0 aliphatic rings. The Hall–Kier alpha value is -0.830. The molecule has 1 unspecified atom stereocenters. The summed E-state index contributed by atoms with van der Waals surface area (Å²) in [7, 11) is 0.922. The zero-order valence-electron chi connectivity index (χ0n) is 6.63. The molecule has 0 aromatic heterocycles. The van der Waals surface area contributed by atoms with Gasteiger partial charge in [0.15, 0.2) is 0 Å². The standard InChI is InChI=1S/C8H11NOS/c1-9-7-5-3-4-6-8(7)11(2)10/h3-6,9H,1-2H3. The van der Waals surface area contributed by atoms with Crippen molar-refractivity contribution in [3.63, 3.8) is 0 Å². The van der Waals surface area contributed by atoms with E-state index in [1.54, 1.807) is 6.26 Å². The minimum Gasteiger partial charge on any atom is -0.387 e. The van der Waals surface area contributed by atoms with Gasteiger partial charge in [0.2, 0.25) is 0 Å². The molecular weight excluding hydrogens is 158 g/mol. The second-order valence-electron chi connectivity index (χ2n) is 2.20. The van der Waals surface area contributed by atoms with Gasteiger partial charge in [-0.15, -0.1) is 0 Å². The number of hydrogen-bond donors (Lipinski definition) is 1. The average Bonchev–Trinajstić information content (AvgIpc) is 2.04. The van der Waals surface area contributed by atoms with Crippen LogP contribution in [0.3, 0.4) is 0 Å². The van der Waals surface area contributed by atoms with E-state index in [0.717, 1.165) is 10.6 Å². The van der Waals surface area contributed by atoms with E-state index in [1.807, 2.05) is 31.3 Å². The predicted molar refractivity (Wildman–Crippen MR) is 48.3 cm³/mol. The van der Waals surface area contributed by atoms with Gasteiger partial charge in [0, 0.05) is 13.3 Å². The van der Waals surface area contributed by atoms with Crippen LogP contribution in [0.2, 0.25) is 0 Å². The third-order valence-corrected chi connectivity index (χ3v) is 2.44. The van der Waals surface area contributed by atoms with Gasteiger partial charge >= 0.3 is 0 Å². The van der Waals surface area contributed by atoms with Crippen molar-refractivity contribution in [2.45, 2.75) is 4.90 Å². The lowest BCUT2D eigenvalue weighted by Gasteiger charge is -2.04. The Balaban J connectivity index is 3.12. The largest absolute Gasteiger partial charge is 0.387 e. The van der Waals surface area contributed by atoms with Crippen LogP contribution in [0.1, 0.15) is 0 Å². The zero-order valence-corrected chi connectivity index (χ0v) is 7.44. The van der Waals surface area contributed by atoms with Gasteiger partial charge in [0.05, 0.1) is 21.4 Å². The van der Waals surface area contributed by atoms with E-state index >= 15 is 0 Å². The molecule has 2 nitrogen and oxygen atoms in total. The number of anilines is 1. The highest BCUT2D eigenvalue weighted by atomic mass is 32.2. The lowest BCUT2D eigenvalue weighted by Crippen LogP contribution is -1.95. The second kappa shape index (κ2) is 3.53. The molecule has 3 heteroatoms. The van der Waals surface area contributed by atoms with Crippen molar-refractivity contribution in [2.24, 2.45) is 0 Å². The van der Waals surface area contributed by atoms with Gasteiger partial charge in [-0.1, -0.05) is 12.1 Å². The quantitative estimate of drug-likeness (QED) is 0.726. The van der Waals surface area contributed by atoms with Gasteiger partial charge in [-0.3, -0.25) is 4.21 Å². The van der Waals surface area contributed by atoms with E-state index in [0.29, 0.717) is 0 Å². The maximum Gasteiger partial charge on any atom is 0.0616 e. The molecule has 0 aliphatic carbocycles. The molecule has 0 heterocycles. The molecular formula is C8H11NOS. The first-order valence-electron chi connectivity index (χ1n) is 3.36. The number of nitrogens with one attached hydrogen (secondary N) is 1. The second-order valence-corrected chi connectivity index (χ2v) is 3.55. The van der Waals surface area contributed by atoms with Crippen LogP contribution in [0.4, 0.5) is 5.69 Å². The molecule has 11 heavy (non-hydrogen) atoms. The summed E-state index contributed by atoms with van der Waals surface area (Å²) in [6, 6.07) is 7.58. The predicted octanol–water partition coefficient (Wildman–Crippen LogP) is 1.47. The molecule has 1 aromatic rings. The van der Waals surface area contributed by atoms with Crippen LogP contribution in [0.5, 0.6) is 0 Å². The van der Waals surface area contributed by atoms with Gasteiger partial charge in [-0.25, -0.2) is 0 Å². The molecule has 0 fully saturated rings. The van der Waals surface area contributed by atoms with Crippen LogP contribution >= 0.6 is 0 Å². The van der Waals surface area contributed by atoms with Gasteiger partial charge < -0.3 is 5.32 Å². The first kappa shape index (κ1) is 8.27. The topological polar surface area (TPSA) is 29.1 Å². The highest BCUT2D eigenvalue weighted by Gasteiger charge is 2.01. The van der Waals surface area contributed by atoms with Crippen LogP contribution in [-0.2, 0) is 10.8 Å². The fourth-order valence-electron chi connectivity index (χ4n) is 0.924. The van der Waals surface area contributed by atoms with Crippen LogP contribution in [-0.4, -0.2) is 17.5 Å². The molecule has 1 atom stereocenters. The van der Waals surface area contributed by atoms with E-state index in [4.69, 9.17) is 0 Å². The molecule has 0 radical (unpaired) electrons. The molecule has 0 amide bonds. The van der Waals surface area contributed by atoms with Gasteiger partial charge in [0.1, 0.15) is 0 Å². The molecule has 0 bridgehead atoms. The Bertz CT molecular complexity index is 273. The average molecular weight is 169 g/mol. The number of rotatable bonds is 2. The lowest BCUT2D eigenvalue weighted by molar-refractivity contribution is 0.687. The van der Waals surface area contributed by atoms with Gasteiger partial charge in [-0.2, -0.15) is 0 Å². The first-order valence-corrected chi connectivity index (χ1v) is 4.91. The van der Waals surface area contributed by atoms with Crippen LogP contribution in [0.25, 0.3) is 0 Å². The molecule has 1 rings (SSSR count). The minimum absolute atomic E-state index is 0.856. The SMILES string of the molecule is CNc1ccccc1S(C)=O. The maximum atomic E-state index is 11.1. The van der Waals surface area contributed by atoms with Crippen LogP contribution in [0.15, 0.2) is 29.2 Å². The molecule has 1 N–H and O–H groups in total. The zero-order chi connectivity index (χ0) is 8.27. The Morgan fingerprint density at radius 2 is 2.00 bits per heavy atom. The van der Waals surface area contributed by atoms with Crippen molar-refractivity contribution in [3.8, 4) is 0 Å². The Morgan fingerprint density at radius 1 is 1.36 bits per heavy atom. The lowest BCUT2D eigenvalue weighted by atomic mass is 10.3. The number of benzene rings is 1. The summed E-state index contributed by atoms with van der Waals surface area (Å²) >= 11 is 0. The molecule has 0 aliphatic heterocycles. The number of para-hydroxylation sites is 1. The van der Waals surface area contributed by atoms with Crippen molar-refractivity contribution in [2.75, 3.05) is 18.6 Å². The van der Waals surface area contributed by atoms with Crippen molar-refractivity contribution < 1.29 is 4.21 Å². The van der Waals surface area contributed by atoms with Crippen molar-refractivity contribution in [1.29, 1.82) is 0 Å². The van der Waals surface area contributed by atoms with Crippen LogP contribution in [0, 0.1) is 0 Å². The third kappa shape index (κ3) is 1.80. The molecule has 0 saturated carbocycles. The third-order valence-electron chi connectivity index (χ3n) is 1.47. The first-order chi connectivity index (χ1) is 5.25. The van der Waals surface area contributed by atoms with Crippen molar-refractivity contribution >= 4 is 16.5 Å². The smallest absolute Gasteiger partial charge is 0.0616 e.